The van der Waals surface area contributed by atoms with Crippen LogP contribution in [0.25, 0.3) is 0 Å². The molecule has 0 radical (unpaired) electrons. The lowest BCUT2D eigenvalue weighted by molar-refractivity contribution is -0.120. The summed E-state index contributed by atoms with van der Waals surface area (Å²) in [6.07, 6.45) is 2.83. The number of anilines is 2. The fourth-order valence-electron chi connectivity index (χ4n) is 3.58. The van der Waals surface area contributed by atoms with Crippen molar-refractivity contribution in [1.82, 2.24) is 0 Å². The standard InChI is InChI=1S/C21H25N3O3.ClH/c1-27-16-8-5-7-15(12-16)23-21(26)18-9-2-3-11-19(18)24-20(25)17-10-4-6-14(17)13-22;/h2-3,5,7-9,11-12,14,17H,4,6,10,13,22H2,1H3,(H,23,26)(H,24,25);1H/t14-,17-;/m1./s1. The van der Waals surface area contributed by atoms with Crippen molar-refractivity contribution in [3.05, 3.63) is 54.1 Å². The fraction of sp³-hybridized carbons (Fsp3) is 0.333. The summed E-state index contributed by atoms with van der Waals surface area (Å²) in [6, 6.07) is 14.1. The van der Waals surface area contributed by atoms with Crippen molar-refractivity contribution in [2.24, 2.45) is 17.6 Å². The molecule has 2 amide bonds. The van der Waals surface area contributed by atoms with Crippen LogP contribution in [0.3, 0.4) is 0 Å². The molecule has 4 N–H and O–H groups in total. The molecule has 1 fully saturated rings. The molecule has 6 nitrogen and oxygen atoms in total. The third-order valence-corrected chi connectivity index (χ3v) is 5.06. The number of hydrogen-bond acceptors (Lipinski definition) is 4. The average Bonchev–Trinajstić information content (AvgIpc) is 3.17. The lowest BCUT2D eigenvalue weighted by Crippen LogP contribution is -2.30. The van der Waals surface area contributed by atoms with Gasteiger partial charge in [0.2, 0.25) is 5.91 Å². The highest BCUT2D eigenvalue weighted by molar-refractivity contribution is 6.10. The van der Waals surface area contributed by atoms with Crippen LogP contribution in [0.15, 0.2) is 48.5 Å². The minimum absolute atomic E-state index is 0. The molecule has 3 rings (SSSR count). The third kappa shape index (κ3) is 5.03. The molecular weight excluding hydrogens is 378 g/mol. The molecule has 2 atom stereocenters. The number of ether oxygens (including phenoxy) is 1. The number of hydrogen-bond donors (Lipinski definition) is 3. The van der Waals surface area contributed by atoms with E-state index in [4.69, 9.17) is 10.5 Å². The average molecular weight is 404 g/mol. The van der Waals surface area contributed by atoms with E-state index in [9.17, 15) is 9.59 Å². The van der Waals surface area contributed by atoms with E-state index in [2.05, 4.69) is 10.6 Å². The molecule has 0 saturated heterocycles. The van der Waals surface area contributed by atoms with E-state index in [0.717, 1.165) is 19.3 Å². The van der Waals surface area contributed by atoms with Crippen molar-refractivity contribution in [2.45, 2.75) is 19.3 Å². The Kier molecular flexibility index (Phi) is 7.84. The van der Waals surface area contributed by atoms with E-state index in [1.54, 1.807) is 55.6 Å². The Morgan fingerprint density at radius 2 is 1.89 bits per heavy atom. The molecule has 1 aliphatic carbocycles. The highest BCUT2D eigenvalue weighted by Crippen LogP contribution is 2.32. The minimum Gasteiger partial charge on any atom is -0.497 e. The summed E-state index contributed by atoms with van der Waals surface area (Å²) < 4.78 is 5.18. The summed E-state index contributed by atoms with van der Waals surface area (Å²) in [6.45, 7) is 0.510. The fourth-order valence-corrected chi connectivity index (χ4v) is 3.58. The summed E-state index contributed by atoms with van der Waals surface area (Å²) >= 11 is 0. The molecule has 0 spiro atoms. The molecule has 0 aromatic heterocycles. The molecule has 1 aliphatic rings. The van der Waals surface area contributed by atoms with Crippen molar-refractivity contribution < 1.29 is 14.3 Å². The Hall–Kier alpha value is -2.57. The second-order valence-electron chi connectivity index (χ2n) is 6.75. The van der Waals surface area contributed by atoms with Crippen LogP contribution < -0.4 is 21.1 Å². The second kappa shape index (κ2) is 10.1. The number of rotatable bonds is 6. The smallest absolute Gasteiger partial charge is 0.257 e. The molecule has 1 saturated carbocycles. The summed E-state index contributed by atoms with van der Waals surface area (Å²) in [5.74, 6) is 0.418. The molecule has 28 heavy (non-hydrogen) atoms. The quantitative estimate of drug-likeness (QED) is 0.685. The molecule has 2 aromatic carbocycles. The first-order valence-electron chi connectivity index (χ1n) is 9.17. The summed E-state index contributed by atoms with van der Waals surface area (Å²) in [5.41, 5.74) is 7.33. The molecule has 0 aliphatic heterocycles. The summed E-state index contributed by atoms with van der Waals surface area (Å²) in [4.78, 5) is 25.4. The van der Waals surface area contributed by atoms with Crippen molar-refractivity contribution in [3.63, 3.8) is 0 Å². The van der Waals surface area contributed by atoms with Crippen LogP contribution in [0.1, 0.15) is 29.6 Å². The van der Waals surface area contributed by atoms with Gasteiger partial charge in [0.15, 0.2) is 0 Å². The maximum Gasteiger partial charge on any atom is 0.257 e. The van der Waals surface area contributed by atoms with Crippen molar-refractivity contribution in [3.8, 4) is 5.75 Å². The lowest BCUT2D eigenvalue weighted by Gasteiger charge is -2.18. The van der Waals surface area contributed by atoms with Crippen LogP contribution in [0, 0.1) is 11.8 Å². The van der Waals surface area contributed by atoms with E-state index >= 15 is 0 Å². The number of benzene rings is 2. The van der Waals surface area contributed by atoms with Gasteiger partial charge in [-0.25, -0.2) is 0 Å². The largest absolute Gasteiger partial charge is 0.497 e. The molecule has 0 unspecified atom stereocenters. The number of halogens is 1. The van der Waals surface area contributed by atoms with Gasteiger partial charge in [-0.1, -0.05) is 24.6 Å². The Labute approximate surface area is 171 Å². The Morgan fingerprint density at radius 3 is 2.64 bits per heavy atom. The molecule has 0 bridgehead atoms. The Bertz CT molecular complexity index is 828. The molecular formula is C21H26ClN3O3. The molecule has 7 heteroatoms. The first-order valence-corrected chi connectivity index (χ1v) is 9.17. The summed E-state index contributed by atoms with van der Waals surface area (Å²) in [7, 11) is 1.57. The highest BCUT2D eigenvalue weighted by atomic mass is 35.5. The van der Waals surface area contributed by atoms with Gasteiger partial charge in [-0.05, 0) is 49.6 Å². The maximum atomic E-state index is 12.7. The zero-order valence-electron chi connectivity index (χ0n) is 15.8. The minimum atomic E-state index is -0.291. The van der Waals surface area contributed by atoms with E-state index in [-0.39, 0.29) is 36.1 Å². The first kappa shape index (κ1) is 21.7. The van der Waals surface area contributed by atoms with Gasteiger partial charge in [0.05, 0.1) is 18.4 Å². The van der Waals surface area contributed by atoms with E-state index in [0.29, 0.717) is 29.2 Å². The predicted octanol–water partition coefficient (Wildman–Crippen LogP) is 3.68. The van der Waals surface area contributed by atoms with Gasteiger partial charge in [-0.15, -0.1) is 12.4 Å². The second-order valence-corrected chi connectivity index (χ2v) is 6.75. The predicted molar refractivity (Wildman–Crippen MR) is 113 cm³/mol. The monoisotopic (exact) mass is 403 g/mol. The van der Waals surface area contributed by atoms with Gasteiger partial charge in [0.25, 0.3) is 5.91 Å². The van der Waals surface area contributed by atoms with Gasteiger partial charge in [-0.2, -0.15) is 0 Å². The summed E-state index contributed by atoms with van der Waals surface area (Å²) in [5, 5.41) is 5.77. The zero-order chi connectivity index (χ0) is 19.2. The molecule has 2 aromatic rings. The lowest BCUT2D eigenvalue weighted by atomic mass is 9.95. The van der Waals surface area contributed by atoms with Crippen molar-refractivity contribution in [2.75, 3.05) is 24.3 Å². The Morgan fingerprint density at radius 1 is 1.11 bits per heavy atom. The van der Waals surface area contributed by atoms with Gasteiger partial charge in [-0.3, -0.25) is 9.59 Å². The van der Waals surface area contributed by atoms with Crippen LogP contribution in [0.2, 0.25) is 0 Å². The van der Waals surface area contributed by atoms with Crippen molar-refractivity contribution >= 4 is 35.6 Å². The number of amides is 2. The van der Waals surface area contributed by atoms with Crippen LogP contribution in [0.5, 0.6) is 5.75 Å². The normalized spacial score (nSPS) is 18.1. The SMILES string of the molecule is COc1cccc(NC(=O)c2ccccc2NC(=O)[C@@H]2CCC[C@@H]2CN)c1.Cl. The number of carbonyl (C=O) groups is 2. The van der Waals surface area contributed by atoms with Crippen LogP contribution in [0.4, 0.5) is 11.4 Å². The highest BCUT2D eigenvalue weighted by Gasteiger charge is 2.32. The van der Waals surface area contributed by atoms with Gasteiger partial charge >= 0.3 is 0 Å². The number of nitrogens with two attached hydrogens (primary N) is 1. The maximum absolute atomic E-state index is 12.7. The van der Waals surface area contributed by atoms with Crippen LogP contribution in [-0.4, -0.2) is 25.5 Å². The number of methoxy groups -OCH3 is 1. The molecule has 150 valence electrons. The zero-order valence-corrected chi connectivity index (χ0v) is 16.6. The first-order chi connectivity index (χ1) is 13.1. The van der Waals surface area contributed by atoms with Gasteiger partial charge in [0.1, 0.15) is 5.75 Å². The third-order valence-electron chi connectivity index (χ3n) is 5.06. The number of nitrogens with one attached hydrogen (secondary N) is 2. The van der Waals surface area contributed by atoms with E-state index < -0.39 is 0 Å². The topological polar surface area (TPSA) is 93.5 Å². The van der Waals surface area contributed by atoms with E-state index in [1.807, 2.05) is 0 Å². The number of carbonyl (C=O) groups excluding carboxylic acids is 2. The number of para-hydroxylation sites is 1. The van der Waals surface area contributed by atoms with Crippen molar-refractivity contribution in [1.29, 1.82) is 0 Å². The van der Waals surface area contributed by atoms with Gasteiger partial charge in [0, 0.05) is 17.7 Å². The van der Waals surface area contributed by atoms with Crippen LogP contribution in [-0.2, 0) is 4.79 Å². The van der Waals surface area contributed by atoms with Gasteiger partial charge < -0.3 is 21.1 Å². The molecule has 0 heterocycles. The van der Waals surface area contributed by atoms with E-state index in [1.165, 1.54) is 0 Å². The Balaban J connectivity index is 0.00000280. The van der Waals surface area contributed by atoms with Crippen LogP contribution >= 0.6 is 12.4 Å².